The van der Waals surface area contributed by atoms with E-state index in [1.807, 2.05) is 12.1 Å². The first-order valence-electron chi connectivity index (χ1n) is 9.81. The SMILES string of the molecule is CCCCN(CCCC)C(CO)CCCc1ccc(NS(C)(=O)=O)cc1. The number of nitrogens with zero attached hydrogens (tertiary/aromatic N) is 1. The molecular formula is C20H36N2O3S. The Balaban J connectivity index is 2.51. The van der Waals surface area contributed by atoms with Crippen molar-refractivity contribution in [1.82, 2.24) is 4.90 Å². The topological polar surface area (TPSA) is 69.6 Å². The van der Waals surface area contributed by atoms with Crippen molar-refractivity contribution in [3.05, 3.63) is 29.8 Å². The fourth-order valence-electron chi connectivity index (χ4n) is 3.08. The molecule has 2 N–H and O–H groups in total. The Morgan fingerprint density at radius 2 is 1.62 bits per heavy atom. The van der Waals surface area contributed by atoms with E-state index in [4.69, 9.17) is 0 Å². The summed E-state index contributed by atoms with van der Waals surface area (Å²) < 4.78 is 25.0. The van der Waals surface area contributed by atoms with Crippen molar-refractivity contribution in [3.63, 3.8) is 0 Å². The molecule has 1 atom stereocenters. The van der Waals surface area contributed by atoms with Gasteiger partial charge in [0.25, 0.3) is 0 Å². The van der Waals surface area contributed by atoms with Crippen LogP contribution in [0.2, 0.25) is 0 Å². The van der Waals surface area contributed by atoms with E-state index < -0.39 is 10.0 Å². The standard InChI is InChI=1S/C20H36N2O3S/c1-4-6-15-22(16-7-5-2)20(17-23)10-8-9-18-11-13-19(14-12-18)21-26(3,24)25/h11-14,20-21,23H,4-10,15-17H2,1-3H3. The van der Waals surface area contributed by atoms with Crippen molar-refractivity contribution >= 4 is 15.7 Å². The van der Waals surface area contributed by atoms with Gasteiger partial charge in [0, 0.05) is 11.7 Å². The van der Waals surface area contributed by atoms with Gasteiger partial charge < -0.3 is 5.11 Å². The molecule has 0 aliphatic heterocycles. The lowest BCUT2D eigenvalue weighted by Crippen LogP contribution is -2.39. The summed E-state index contributed by atoms with van der Waals surface area (Å²) in [5.41, 5.74) is 1.78. The Bertz CT molecular complexity index is 580. The smallest absolute Gasteiger partial charge is 0.229 e. The first kappa shape index (κ1) is 22.9. The molecule has 1 aromatic carbocycles. The molecule has 0 aliphatic rings. The van der Waals surface area contributed by atoms with Crippen LogP contribution in [0.15, 0.2) is 24.3 Å². The second-order valence-electron chi connectivity index (χ2n) is 7.04. The zero-order chi connectivity index (χ0) is 19.4. The first-order chi connectivity index (χ1) is 12.4. The van der Waals surface area contributed by atoms with E-state index in [2.05, 4.69) is 23.5 Å². The van der Waals surface area contributed by atoms with Gasteiger partial charge in [-0.3, -0.25) is 9.62 Å². The molecule has 1 rings (SSSR count). The highest BCUT2D eigenvalue weighted by molar-refractivity contribution is 7.92. The summed E-state index contributed by atoms with van der Waals surface area (Å²) in [5, 5.41) is 9.83. The molecular weight excluding hydrogens is 348 g/mol. The molecule has 0 saturated carbocycles. The third-order valence-electron chi connectivity index (χ3n) is 4.58. The average Bonchev–Trinajstić information content (AvgIpc) is 2.60. The second-order valence-corrected chi connectivity index (χ2v) is 8.79. The number of anilines is 1. The first-order valence-corrected chi connectivity index (χ1v) is 11.7. The highest BCUT2D eigenvalue weighted by Gasteiger charge is 2.16. The summed E-state index contributed by atoms with van der Waals surface area (Å²) in [6.07, 6.45) is 8.78. The number of unbranched alkanes of at least 4 members (excludes halogenated alkanes) is 2. The molecule has 0 bridgehead atoms. The molecule has 150 valence electrons. The van der Waals surface area contributed by atoms with E-state index in [0.29, 0.717) is 5.69 Å². The van der Waals surface area contributed by atoms with Crippen LogP contribution in [-0.4, -0.2) is 50.4 Å². The maximum absolute atomic E-state index is 11.2. The number of aliphatic hydroxyl groups is 1. The monoisotopic (exact) mass is 384 g/mol. The maximum Gasteiger partial charge on any atom is 0.229 e. The van der Waals surface area contributed by atoms with Crippen LogP contribution in [0.4, 0.5) is 5.69 Å². The summed E-state index contributed by atoms with van der Waals surface area (Å²) in [5.74, 6) is 0. The minimum Gasteiger partial charge on any atom is -0.395 e. The Labute approximate surface area is 159 Å². The zero-order valence-electron chi connectivity index (χ0n) is 16.6. The van der Waals surface area contributed by atoms with Gasteiger partial charge in [0.1, 0.15) is 0 Å². The number of hydrogen-bond donors (Lipinski definition) is 2. The molecule has 0 aliphatic carbocycles. The van der Waals surface area contributed by atoms with E-state index in [1.54, 1.807) is 12.1 Å². The molecule has 0 aromatic heterocycles. The molecule has 6 heteroatoms. The highest BCUT2D eigenvalue weighted by Crippen LogP contribution is 2.15. The van der Waals surface area contributed by atoms with Crippen molar-refractivity contribution < 1.29 is 13.5 Å². The van der Waals surface area contributed by atoms with E-state index in [1.165, 1.54) is 31.2 Å². The summed E-state index contributed by atoms with van der Waals surface area (Å²) in [7, 11) is -3.23. The third-order valence-corrected chi connectivity index (χ3v) is 5.19. The molecule has 0 spiro atoms. The Hall–Kier alpha value is -1.11. The molecule has 26 heavy (non-hydrogen) atoms. The lowest BCUT2D eigenvalue weighted by atomic mass is 10.0. The Kier molecular flexibility index (Phi) is 10.9. The molecule has 0 saturated heterocycles. The largest absolute Gasteiger partial charge is 0.395 e. The molecule has 0 fully saturated rings. The molecule has 5 nitrogen and oxygen atoms in total. The van der Waals surface area contributed by atoms with Crippen molar-refractivity contribution in [2.75, 3.05) is 30.7 Å². The van der Waals surface area contributed by atoms with Crippen LogP contribution < -0.4 is 4.72 Å². The van der Waals surface area contributed by atoms with Crippen LogP contribution in [0.3, 0.4) is 0 Å². The van der Waals surface area contributed by atoms with Gasteiger partial charge in [-0.1, -0.05) is 38.8 Å². The van der Waals surface area contributed by atoms with Gasteiger partial charge >= 0.3 is 0 Å². The summed E-state index contributed by atoms with van der Waals surface area (Å²) in [4.78, 5) is 2.45. The van der Waals surface area contributed by atoms with Gasteiger partial charge in [-0.25, -0.2) is 8.42 Å². The summed E-state index contributed by atoms with van der Waals surface area (Å²) in [6, 6.07) is 7.77. The average molecular weight is 385 g/mol. The van der Waals surface area contributed by atoms with E-state index in [-0.39, 0.29) is 12.6 Å². The van der Waals surface area contributed by atoms with Gasteiger partial charge in [-0.05, 0) is 62.9 Å². The van der Waals surface area contributed by atoms with Gasteiger partial charge in [-0.2, -0.15) is 0 Å². The van der Waals surface area contributed by atoms with Gasteiger partial charge in [0.05, 0.1) is 12.9 Å². The normalized spacial score (nSPS) is 13.1. The molecule has 0 radical (unpaired) electrons. The fraction of sp³-hybridized carbons (Fsp3) is 0.700. The van der Waals surface area contributed by atoms with Crippen LogP contribution in [0, 0.1) is 0 Å². The highest BCUT2D eigenvalue weighted by atomic mass is 32.2. The minimum atomic E-state index is -3.23. The molecule has 1 aromatic rings. The van der Waals surface area contributed by atoms with Crippen LogP contribution in [-0.2, 0) is 16.4 Å². The van der Waals surface area contributed by atoms with Crippen LogP contribution >= 0.6 is 0 Å². The Morgan fingerprint density at radius 3 is 2.08 bits per heavy atom. The van der Waals surface area contributed by atoms with Crippen LogP contribution in [0.25, 0.3) is 0 Å². The number of nitrogens with one attached hydrogen (secondary N) is 1. The number of aliphatic hydroxyl groups excluding tert-OH is 1. The fourth-order valence-corrected chi connectivity index (χ4v) is 3.65. The van der Waals surface area contributed by atoms with Crippen LogP contribution in [0.1, 0.15) is 57.9 Å². The number of aryl methyl sites for hydroxylation is 1. The molecule has 0 amide bonds. The van der Waals surface area contributed by atoms with E-state index in [9.17, 15) is 13.5 Å². The quantitative estimate of drug-likeness (QED) is 0.514. The van der Waals surface area contributed by atoms with Gasteiger partial charge in [-0.15, -0.1) is 0 Å². The molecule has 1 unspecified atom stereocenters. The number of hydrogen-bond acceptors (Lipinski definition) is 4. The molecule has 0 heterocycles. The lowest BCUT2D eigenvalue weighted by molar-refractivity contribution is 0.111. The number of rotatable bonds is 14. The second kappa shape index (κ2) is 12.3. The van der Waals surface area contributed by atoms with Crippen molar-refractivity contribution in [3.8, 4) is 0 Å². The van der Waals surface area contributed by atoms with E-state index >= 15 is 0 Å². The van der Waals surface area contributed by atoms with Crippen molar-refractivity contribution in [1.29, 1.82) is 0 Å². The van der Waals surface area contributed by atoms with Crippen LogP contribution in [0.5, 0.6) is 0 Å². The zero-order valence-corrected chi connectivity index (χ0v) is 17.4. The van der Waals surface area contributed by atoms with Gasteiger partial charge in [0.15, 0.2) is 0 Å². The van der Waals surface area contributed by atoms with E-state index in [0.717, 1.165) is 38.6 Å². The number of benzene rings is 1. The predicted octanol–water partition coefficient (Wildman–Crippen LogP) is 3.64. The third kappa shape index (κ3) is 9.55. The van der Waals surface area contributed by atoms with Gasteiger partial charge in [0.2, 0.25) is 10.0 Å². The summed E-state index contributed by atoms with van der Waals surface area (Å²) >= 11 is 0. The maximum atomic E-state index is 11.2. The lowest BCUT2D eigenvalue weighted by Gasteiger charge is -2.30. The predicted molar refractivity (Wildman–Crippen MR) is 110 cm³/mol. The van der Waals surface area contributed by atoms with Crippen molar-refractivity contribution in [2.45, 2.75) is 64.8 Å². The number of sulfonamides is 1. The summed E-state index contributed by atoms with van der Waals surface area (Å²) in [6.45, 7) is 6.74. The van der Waals surface area contributed by atoms with Crippen molar-refractivity contribution in [2.24, 2.45) is 0 Å². The Morgan fingerprint density at radius 1 is 1.04 bits per heavy atom. The minimum absolute atomic E-state index is 0.213.